The number of hydrogen-bond acceptors (Lipinski definition) is 4. The number of furan rings is 1. The van der Waals surface area contributed by atoms with E-state index in [-0.39, 0.29) is 12.4 Å². The highest BCUT2D eigenvalue weighted by Crippen LogP contribution is 2.26. The molecule has 0 radical (unpaired) electrons. The second kappa shape index (κ2) is 13.5. The van der Waals surface area contributed by atoms with Crippen LogP contribution >= 0.6 is 0 Å². The van der Waals surface area contributed by atoms with Gasteiger partial charge in [-0.15, -0.1) is 0 Å². The van der Waals surface area contributed by atoms with Crippen molar-refractivity contribution in [2.75, 3.05) is 7.11 Å². The van der Waals surface area contributed by atoms with Gasteiger partial charge in [0.1, 0.15) is 23.7 Å². The molecule has 0 aliphatic heterocycles. The summed E-state index contributed by atoms with van der Waals surface area (Å²) in [5.41, 5.74) is 3.93. The smallest absolute Gasteiger partial charge is 0.310 e. The van der Waals surface area contributed by atoms with Crippen LogP contribution in [-0.4, -0.2) is 13.1 Å². The highest BCUT2D eigenvalue weighted by molar-refractivity contribution is 5.82. The van der Waals surface area contributed by atoms with Gasteiger partial charge >= 0.3 is 5.97 Å². The largest absolute Gasteiger partial charge is 0.489 e. The lowest BCUT2D eigenvalue weighted by Crippen LogP contribution is -2.06. The minimum absolute atomic E-state index is 0.201. The fraction of sp³-hybridized carbons (Fsp3) is 0.423. The van der Waals surface area contributed by atoms with Crippen molar-refractivity contribution in [2.24, 2.45) is 0 Å². The van der Waals surface area contributed by atoms with E-state index in [4.69, 9.17) is 13.9 Å². The third-order valence-electron chi connectivity index (χ3n) is 4.19. The number of carbonyl (C=O) groups is 1. The number of ether oxygens (including phenoxy) is 2. The zero-order valence-corrected chi connectivity index (χ0v) is 19.5. The molecule has 4 nitrogen and oxygen atoms in total. The first-order valence-electron chi connectivity index (χ1n) is 10.8. The fourth-order valence-corrected chi connectivity index (χ4v) is 2.90. The first-order valence-corrected chi connectivity index (χ1v) is 10.8. The molecule has 0 unspecified atom stereocenters. The Bertz CT molecular complexity index is 909. The Morgan fingerprint density at radius 3 is 2.33 bits per heavy atom. The van der Waals surface area contributed by atoms with Gasteiger partial charge in [-0.1, -0.05) is 59.2 Å². The Labute approximate surface area is 181 Å². The molecule has 4 heteroatoms. The quantitative estimate of drug-likeness (QED) is 0.407. The van der Waals surface area contributed by atoms with Gasteiger partial charge in [0.25, 0.3) is 0 Å². The van der Waals surface area contributed by atoms with Gasteiger partial charge < -0.3 is 13.9 Å². The van der Waals surface area contributed by atoms with Crippen LogP contribution in [0.3, 0.4) is 0 Å². The van der Waals surface area contributed by atoms with Crippen LogP contribution in [0.15, 0.2) is 46.9 Å². The van der Waals surface area contributed by atoms with E-state index in [1.165, 1.54) is 13.5 Å². The molecular weight excluding hydrogens is 376 g/mol. The highest BCUT2D eigenvalue weighted by Gasteiger charge is 2.11. The number of para-hydroxylation sites is 1. The molecule has 0 bridgehead atoms. The number of benzene rings is 2. The average molecular weight is 413 g/mol. The second-order valence-corrected chi connectivity index (χ2v) is 6.75. The van der Waals surface area contributed by atoms with Gasteiger partial charge in [0.05, 0.1) is 13.5 Å². The molecule has 2 aromatic carbocycles. The summed E-state index contributed by atoms with van der Waals surface area (Å²) in [4.78, 5) is 11.5. The molecular formula is C26H36O4. The number of aryl methyl sites for hydroxylation is 2. The Kier molecular flexibility index (Phi) is 11.4. The Morgan fingerprint density at radius 2 is 1.70 bits per heavy atom. The van der Waals surface area contributed by atoms with Crippen molar-refractivity contribution in [3.63, 3.8) is 0 Å². The van der Waals surface area contributed by atoms with E-state index in [0.717, 1.165) is 39.8 Å². The molecule has 0 aliphatic carbocycles. The predicted octanol–water partition coefficient (Wildman–Crippen LogP) is 7.04. The van der Waals surface area contributed by atoms with Crippen molar-refractivity contribution in [1.29, 1.82) is 0 Å². The molecule has 3 rings (SSSR count). The molecule has 0 atom stereocenters. The summed E-state index contributed by atoms with van der Waals surface area (Å²) in [7, 11) is 1.39. The minimum Gasteiger partial charge on any atom is -0.489 e. The molecule has 0 N–H and O–H groups in total. The van der Waals surface area contributed by atoms with E-state index in [1.807, 2.05) is 45.0 Å². The van der Waals surface area contributed by atoms with Crippen LogP contribution in [0.5, 0.6) is 5.75 Å². The lowest BCUT2D eigenvalue weighted by atomic mass is 10.1. The number of hydrogen-bond donors (Lipinski definition) is 0. The van der Waals surface area contributed by atoms with Gasteiger partial charge in [-0.25, -0.2) is 0 Å². The monoisotopic (exact) mass is 412 g/mol. The van der Waals surface area contributed by atoms with Gasteiger partial charge in [-0.2, -0.15) is 0 Å². The van der Waals surface area contributed by atoms with Gasteiger partial charge in [0.2, 0.25) is 0 Å². The van der Waals surface area contributed by atoms with Crippen LogP contribution in [-0.2, 0) is 29.0 Å². The van der Waals surface area contributed by atoms with Gasteiger partial charge in [-0.05, 0) is 42.3 Å². The number of carbonyl (C=O) groups excluding carboxylic acids is 1. The zero-order valence-electron chi connectivity index (χ0n) is 19.5. The van der Waals surface area contributed by atoms with E-state index in [2.05, 4.69) is 39.0 Å². The molecule has 1 aromatic heterocycles. The third-order valence-corrected chi connectivity index (χ3v) is 4.19. The maximum atomic E-state index is 11.5. The lowest BCUT2D eigenvalue weighted by Gasteiger charge is -2.11. The molecule has 1 heterocycles. The van der Waals surface area contributed by atoms with E-state index >= 15 is 0 Å². The van der Waals surface area contributed by atoms with Crippen molar-refractivity contribution < 1.29 is 18.7 Å². The maximum Gasteiger partial charge on any atom is 0.310 e. The van der Waals surface area contributed by atoms with Crippen molar-refractivity contribution in [2.45, 2.75) is 67.4 Å². The topological polar surface area (TPSA) is 48.7 Å². The first kappa shape index (κ1) is 25.3. The second-order valence-electron chi connectivity index (χ2n) is 6.75. The SMILES string of the molecule is CC.CCC.CCc1cc2cc(COc3ccccc3CC(=O)OC)cc(C)c2o1. The van der Waals surface area contributed by atoms with Crippen molar-refractivity contribution in [3.05, 3.63) is 64.9 Å². The molecule has 0 spiro atoms. The minimum atomic E-state index is -0.279. The van der Waals surface area contributed by atoms with Gasteiger partial charge in [0.15, 0.2) is 0 Å². The lowest BCUT2D eigenvalue weighted by molar-refractivity contribution is -0.139. The number of esters is 1. The van der Waals surface area contributed by atoms with E-state index in [9.17, 15) is 4.79 Å². The molecule has 30 heavy (non-hydrogen) atoms. The molecule has 0 aliphatic rings. The summed E-state index contributed by atoms with van der Waals surface area (Å²) in [5.74, 6) is 1.41. The van der Waals surface area contributed by atoms with E-state index in [1.54, 1.807) is 0 Å². The maximum absolute atomic E-state index is 11.5. The van der Waals surface area contributed by atoms with Crippen LogP contribution in [0, 0.1) is 6.92 Å². The number of fused-ring (bicyclic) bond motifs is 1. The zero-order chi connectivity index (χ0) is 22.5. The molecule has 3 aromatic rings. The summed E-state index contributed by atoms with van der Waals surface area (Å²) in [6.07, 6.45) is 2.33. The average Bonchev–Trinajstić information content (AvgIpc) is 3.19. The van der Waals surface area contributed by atoms with Crippen LogP contribution in [0.25, 0.3) is 11.0 Å². The van der Waals surface area contributed by atoms with Gasteiger partial charge in [0, 0.05) is 17.4 Å². The Morgan fingerprint density at radius 1 is 1.03 bits per heavy atom. The Balaban J connectivity index is 0.000000826. The summed E-state index contributed by atoms with van der Waals surface area (Å²) in [5, 5.41) is 1.10. The van der Waals surface area contributed by atoms with Gasteiger partial charge in [-0.3, -0.25) is 4.79 Å². The Hall–Kier alpha value is -2.75. The summed E-state index contributed by atoms with van der Waals surface area (Å²) in [6.45, 7) is 12.8. The third kappa shape index (κ3) is 7.25. The molecule has 0 amide bonds. The van der Waals surface area contributed by atoms with Crippen LogP contribution in [0.1, 0.15) is 63.5 Å². The van der Waals surface area contributed by atoms with E-state index < -0.39 is 0 Å². The number of methoxy groups -OCH3 is 1. The van der Waals surface area contributed by atoms with Crippen molar-refractivity contribution in [1.82, 2.24) is 0 Å². The highest BCUT2D eigenvalue weighted by atomic mass is 16.5. The summed E-state index contributed by atoms with van der Waals surface area (Å²) < 4.78 is 16.6. The van der Waals surface area contributed by atoms with Crippen LogP contribution in [0.4, 0.5) is 0 Å². The standard InChI is InChI=1S/C21H22O4.C3H8.C2H6/c1-4-18-11-17-10-15(9-14(2)21(17)25-18)13-24-19-8-6-5-7-16(19)12-20(22)23-3;1-3-2;1-2/h5-11H,4,12-13H2,1-3H3;3H2,1-2H3;1-2H3. The molecule has 0 saturated carbocycles. The van der Waals surface area contributed by atoms with E-state index in [0.29, 0.717) is 12.4 Å². The summed E-state index contributed by atoms with van der Waals surface area (Å²) >= 11 is 0. The normalized spacial score (nSPS) is 9.83. The first-order chi connectivity index (χ1) is 14.5. The van der Waals surface area contributed by atoms with Crippen molar-refractivity contribution in [3.8, 4) is 5.75 Å². The van der Waals surface area contributed by atoms with Crippen LogP contribution in [0.2, 0.25) is 0 Å². The molecule has 164 valence electrons. The fourth-order valence-electron chi connectivity index (χ4n) is 2.90. The predicted molar refractivity (Wildman–Crippen MR) is 124 cm³/mol. The summed E-state index contributed by atoms with van der Waals surface area (Å²) in [6, 6.07) is 13.8. The number of rotatable bonds is 6. The molecule has 0 saturated heterocycles. The van der Waals surface area contributed by atoms with Crippen molar-refractivity contribution >= 4 is 16.9 Å². The van der Waals surface area contributed by atoms with Crippen LogP contribution < -0.4 is 4.74 Å². The molecule has 0 fully saturated rings.